The highest BCUT2D eigenvalue weighted by atomic mass is 35.5. The second-order valence-electron chi connectivity index (χ2n) is 4.89. The number of anilines is 1. The number of carbonyl (C=O) groups excluding carboxylic acids is 1. The number of hydrogen-bond donors (Lipinski definition) is 1. The van der Waals surface area contributed by atoms with E-state index in [9.17, 15) is 4.79 Å². The van der Waals surface area contributed by atoms with Crippen LogP contribution in [0.25, 0.3) is 6.08 Å². The monoisotopic (exact) mass is 331 g/mol. The van der Waals surface area contributed by atoms with Crippen LogP contribution in [-0.4, -0.2) is 20.1 Å². The zero-order valence-corrected chi connectivity index (χ0v) is 14.0. The van der Waals surface area contributed by atoms with Gasteiger partial charge in [-0.05, 0) is 42.3 Å². The van der Waals surface area contributed by atoms with Gasteiger partial charge in [0.2, 0.25) is 5.91 Å². The molecule has 2 rings (SSSR count). The highest BCUT2D eigenvalue weighted by Crippen LogP contribution is 2.29. The maximum atomic E-state index is 12.1. The van der Waals surface area contributed by atoms with Crippen molar-refractivity contribution in [3.05, 3.63) is 58.6 Å². The van der Waals surface area contributed by atoms with E-state index in [0.29, 0.717) is 27.8 Å². The summed E-state index contributed by atoms with van der Waals surface area (Å²) in [5.74, 6) is 0.902. The van der Waals surface area contributed by atoms with Crippen molar-refractivity contribution in [2.45, 2.75) is 6.92 Å². The fourth-order valence-electron chi connectivity index (χ4n) is 2.07. The molecule has 120 valence electrons. The zero-order valence-electron chi connectivity index (χ0n) is 13.2. The van der Waals surface area contributed by atoms with Gasteiger partial charge in [-0.15, -0.1) is 0 Å². The molecule has 0 aliphatic rings. The molecule has 0 radical (unpaired) electrons. The Bertz CT molecular complexity index is 741. The van der Waals surface area contributed by atoms with E-state index in [4.69, 9.17) is 21.1 Å². The molecule has 1 N–H and O–H groups in total. The first-order valence-corrected chi connectivity index (χ1v) is 7.39. The molecule has 23 heavy (non-hydrogen) atoms. The van der Waals surface area contributed by atoms with Crippen molar-refractivity contribution in [1.29, 1.82) is 0 Å². The lowest BCUT2D eigenvalue weighted by atomic mass is 10.2. The largest absolute Gasteiger partial charge is 0.495 e. The second kappa shape index (κ2) is 7.70. The molecule has 0 atom stereocenters. The van der Waals surface area contributed by atoms with Gasteiger partial charge in [-0.25, -0.2) is 0 Å². The Morgan fingerprint density at radius 2 is 1.87 bits per heavy atom. The van der Waals surface area contributed by atoms with Gasteiger partial charge in [0.25, 0.3) is 0 Å². The summed E-state index contributed by atoms with van der Waals surface area (Å²) in [5.41, 5.74) is 2.36. The lowest BCUT2D eigenvalue weighted by molar-refractivity contribution is -0.111. The van der Waals surface area contributed by atoms with Gasteiger partial charge in [-0.2, -0.15) is 0 Å². The summed E-state index contributed by atoms with van der Waals surface area (Å²) < 4.78 is 10.4. The zero-order chi connectivity index (χ0) is 16.8. The Kier molecular flexibility index (Phi) is 5.66. The molecule has 2 aromatic rings. The van der Waals surface area contributed by atoms with Crippen molar-refractivity contribution >= 4 is 29.3 Å². The molecule has 0 heterocycles. The Labute approximate surface area is 140 Å². The first-order valence-electron chi connectivity index (χ1n) is 7.01. The van der Waals surface area contributed by atoms with Crippen molar-refractivity contribution in [3.8, 4) is 11.5 Å². The van der Waals surface area contributed by atoms with Crippen molar-refractivity contribution in [1.82, 2.24) is 0 Å². The minimum Gasteiger partial charge on any atom is -0.495 e. The minimum absolute atomic E-state index is 0.271. The summed E-state index contributed by atoms with van der Waals surface area (Å²) in [6, 6.07) is 11.0. The molecule has 0 aliphatic carbocycles. The summed E-state index contributed by atoms with van der Waals surface area (Å²) in [5, 5.41) is 3.26. The molecule has 2 aromatic carbocycles. The Morgan fingerprint density at radius 1 is 1.13 bits per heavy atom. The molecule has 0 bridgehead atoms. The molecule has 0 aromatic heterocycles. The van der Waals surface area contributed by atoms with E-state index in [0.717, 1.165) is 5.56 Å². The third kappa shape index (κ3) is 4.27. The lowest BCUT2D eigenvalue weighted by Crippen LogP contribution is -2.09. The normalized spacial score (nSPS) is 10.6. The number of nitrogens with one attached hydrogen (secondary N) is 1. The van der Waals surface area contributed by atoms with E-state index in [1.54, 1.807) is 26.4 Å². The molecule has 0 spiro atoms. The molecule has 0 unspecified atom stereocenters. The molecule has 5 heteroatoms. The van der Waals surface area contributed by atoms with E-state index in [-0.39, 0.29) is 5.91 Å². The van der Waals surface area contributed by atoms with E-state index in [1.165, 1.54) is 6.08 Å². The summed E-state index contributed by atoms with van der Waals surface area (Å²) in [7, 11) is 3.11. The molecule has 0 aliphatic heterocycles. The predicted molar refractivity (Wildman–Crippen MR) is 93.4 cm³/mol. The fraction of sp³-hybridized carbons (Fsp3) is 0.167. The highest BCUT2D eigenvalue weighted by Gasteiger charge is 2.07. The van der Waals surface area contributed by atoms with Gasteiger partial charge in [0.1, 0.15) is 11.5 Å². The standard InChI is InChI=1S/C18H18ClNO3/c1-12-7-9-15(22-2)14(11-12)20-17(21)10-8-13-5-4-6-16(23-3)18(13)19/h4-11H,1-3H3,(H,20,21)/b10-8+. The second-order valence-corrected chi connectivity index (χ2v) is 5.27. The van der Waals surface area contributed by atoms with Crippen LogP contribution < -0.4 is 14.8 Å². The van der Waals surface area contributed by atoms with Gasteiger partial charge in [0.15, 0.2) is 0 Å². The Morgan fingerprint density at radius 3 is 2.57 bits per heavy atom. The maximum absolute atomic E-state index is 12.1. The van der Waals surface area contributed by atoms with Crippen LogP contribution in [0.15, 0.2) is 42.5 Å². The summed E-state index contributed by atoms with van der Waals surface area (Å²) >= 11 is 6.19. The van der Waals surface area contributed by atoms with E-state index in [1.807, 2.05) is 37.3 Å². The number of carbonyl (C=O) groups is 1. The number of ether oxygens (including phenoxy) is 2. The first-order chi connectivity index (χ1) is 11.0. The van der Waals surface area contributed by atoms with Gasteiger partial charge in [-0.3, -0.25) is 4.79 Å². The summed E-state index contributed by atoms with van der Waals surface area (Å²) in [6.45, 7) is 1.95. The molecule has 0 saturated heterocycles. The van der Waals surface area contributed by atoms with Crippen LogP contribution in [0.4, 0.5) is 5.69 Å². The average molecular weight is 332 g/mol. The molecular weight excluding hydrogens is 314 g/mol. The quantitative estimate of drug-likeness (QED) is 0.830. The van der Waals surface area contributed by atoms with Crippen LogP contribution in [0.3, 0.4) is 0 Å². The molecule has 1 amide bonds. The van der Waals surface area contributed by atoms with E-state index in [2.05, 4.69) is 5.32 Å². The maximum Gasteiger partial charge on any atom is 0.248 e. The smallest absolute Gasteiger partial charge is 0.248 e. The van der Waals surface area contributed by atoms with Gasteiger partial charge in [-0.1, -0.05) is 29.8 Å². The third-order valence-electron chi connectivity index (χ3n) is 3.24. The number of aryl methyl sites for hydroxylation is 1. The number of hydrogen-bond acceptors (Lipinski definition) is 3. The molecule has 0 saturated carbocycles. The van der Waals surface area contributed by atoms with E-state index >= 15 is 0 Å². The molecule has 0 fully saturated rings. The van der Waals surface area contributed by atoms with Crippen LogP contribution >= 0.6 is 11.6 Å². The number of rotatable bonds is 5. The van der Waals surface area contributed by atoms with Crippen LogP contribution in [0.5, 0.6) is 11.5 Å². The van der Waals surface area contributed by atoms with Crippen molar-refractivity contribution in [2.24, 2.45) is 0 Å². The average Bonchev–Trinajstić information content (AvgIpc) is 2.54. The fourth-order valence-corrected chi connectivity index (χ4v) is 2.34. The van der Waals surface area contributed by atoms with Crippen molar-refractivity contribution in [3.63, 3.8) is 0 Å². The van der Waals surface area contributed by atoms with Crippen LogP contribution in [0, 0.1) is 6.92 Å². The predicted octanol–water partition coefficient (Wildman–Crippen LogP) is 4.32. The number of amides is 1. The van der Waals surface area contributed by atoms with Gasteiger partial charge >= 0.3 is 0 Å². The van der Waals surface area contributed by atoms with Crippen LogP contribution in [-0.2, 0) is 4.79 Å². The van der Waals surface area contributed by atoms with Crippen molar-refractivity contribution in [2.75, 3.05) is 19.5 Å². The Hall–Kier alpha value is -2.46. The summed E-state index contributed by atoms with van der Waals surface area (Å²) in [6.07, 6.45) is 3.06. The van der Waals surface area contributed by atoms with Gasteiger partial charge < -0.3 is 14.8 Å². The SMILES string of the molecule is COc1ccc(C)cc1NC(=O)/C=C/c1cccc(OC)c1Cl. The topological polar surface area (TPSA) is 47.6 Å². The lowest BCUT2D eigenvalue weighted by Gasteiger charge is -2.09. The van der Waals surface area contributed by atoms with Crippen LogP contribution in [0.1, 0.15) is 11.1 Å². The number of methoxy groups -OCH3 is 2. The minimum atomic E-state index is -0.271. The van der Waals surface area contributed by atoms with Crippen LogP contribution in [0.2, 0.25) is 5.02 Å². The number of halogens is 1. The summed E-state index contributed by atoms with van der Waals surface area (Å²) in [4.78, 5) is 12.1. The third-order valence-corrected chi connectivity index (χ3v) is 3.64. The van der Waals surface area contributed by atoms with E-state index < -0.39 is 0 Å². The van der Waals surface area contributed by atoms with Crippen molar-refractivity contribution < 1.29 is 14.3 Å². The highest BCUT2D eigenvalue weighted by molar-refractivity contribution is 6.33. The van der Waals surface area contributed by atoms with Gasteiger partial charge in [0.05, 0.1) is 24.9 Å². The number of benzene rings is 2. The molecular formula is C18H18ClNO3. The van der Waals surface area contributed by atoms with Gasteiger partial charge in [0, 0.05) is 6.08 Å². The first kappa shape index (κ1) is 16.9. The molecule has 4 nitrogen and oxygen atoms in total. The Balaban J connectivity index is 2.15.